The van der Waals surface area contributed by atoms with Gasteiger partial charge < -0.3 is 15.2 Å². The van der Waals surface area contributed by atoms with E-state index in [1.165, 1.54) is 18.2 Å². The molecule has 0 unspecified atom stereocenters. The molecule has 0 spiro atoms. The highest BCUT2D eigenvalue weighted by molar-refractivity contribution is 7.92. The highest BCUT2D eigenvalue weighted by atomic mass is 35.5. The molecule has 13 nitrogen and oxygen atoms in total. The summed E-state index contributed by atoms with van der Waals surface area (Å²) >= 11 is 5.28. The number of aromatic carboxylic acids is 1. The number of sulfonamides is 1. The van der Waals surface area contributed by atoms with Crippen LogP contribution in [0.3, 0.4) is 0 Å². The van der Waals surface area contributed by atoms with Crippen molar-refractivity contribution in [1.29, 1.82) is 0 Å². The molecule has 0 radical (unpaired) electrons. The van der Waals surface area contributed by atoms with Gasteiger partial charge in [-0.1, -0.05) is 12.1 Å². The topological polar surface area (TPSA) is 181 Å². The number of aromatic nitrogens is 3. The van der Waals surface area contributed by atoms with Crippen molar-refractivity contribution >= 4 is 51.0 Å². The first-order valence-corrected chi connectivity index (χ1v) is 16.7. The van der Waals surface area contributed by atoms with Crippen molar-refractivity contribution in [3.63, 3.8) is 0 Å². The van der Waals surface area contributed by atoms with Gasteiger partial charge >= 0.3 is 11.9 Å². The van der Waals surface area contributed by atoms with Crippen molar-refractivity contribution < 1.29 is 41.4 Å². The molecule has 4 N–H and O–H groups in total. The number of nitrogens with one attached hydrogen (secondary N) is 3. The van der Waals surface area contributed by atoms with E-state index >= 15 is 0 Å². The number of carbonyl (C=O) groups is 3. The average Bonchev–Trinajstić information content (AvgIpc) is 3.57. The largest absolute Gasteiger partial charge is 0.477 e. The molecule has 2 aromatic heterocycles. The number of halogens is 3. The summed E-state index contributed by atoms with van der Waals surface area (Å²) in [5.74, 6) is -3.86. The minimum absolute atomic E-state index is 0.0816. The zero-order valence-corrected chi connectivity index (χ0v) is 28.1. The number of carboxylic acid groups (broad SMARTS) is 1. The van der Waals surface area contributed by atoms with Crippen LogP contribution in [0.15, 0.2) is 42.6 Å². The lowest BCUT2D eigenvalue weighted by molar-refractivity contribution is 0.00682. The molecule has 1 atom stereocenters. The van der Waals surface area contributed by atoms with Crippen LogP contribution in [-0.2, 0) is 27.7 Å². The third-order valence-electron chi connectivity index (χ3n) is 7.09. The molecule has 1 aliphatic carbocycles. The molecule has 2 heterocycles. The molecule has 5 rings (SSSR count). The Balaban J connectivity index is 0.000000291. The van der Waals surface area contributed by atoms with Gasteiger partial charge in [-0.3, -0.25) is 9.52 Å². The number of carbonyl (C=O) groups excluding carboxylic acids is 2. The zero-order valence-electron chi connectivity index (χ0n) is 26.5. The Morgan fingerprint density at radius 1 is 1.12 bits per heavy atom. The summed E-state index contributed by atoms with van der Waals surface area (Å²) in [5.41, 5.74) is 2.13. The quantitative estimate of drug-likeness (QED) is 0.148. The summed E-state index contributed by atoms with van der Waals surface area (Å²) in [5, 5.41) is 16.0. The van der Waals surface area contributed by atoms with E-state index in [2.05, 4.69) is 25.0 Å². The van der Waals surface area contributed by atoms with E-state index in [1.807, 2.05) is 6.92 Å². The SMILES string of the molecule is CS(=O)(=O)Nc1cc(CNCl)ccc1F.Cc1c(C(=O)OC(C)(C)C)ccc2c1CC[C@@H]2NC(=O)c1cc(C(=O)O)nc2c(F)cnn12. The van der Waals surface area contributed by atoms with Crippen LogP contribution in [-0.4, -0.2) is 57.8 Å². The Morgan fingerprint density at radius 3 is 2.46 bits per heavy atom. The number of esters is 1. The van der Waals surface area contributed by atoms with Crippen LogP contribution in [0.4, 0.5) is 14.5 Å². The molecule has 0 saturated heterocycles. The average molecular weight is 707 g/mol. The van der Waals surface area contributed by atoms with Crippen LogP contribution in [0, 0.1) is 18.6 Å². The number of ether oxygens (including phenoxy) is 1. The Bertz CT molecular complexity index is 2010. The van der Waals surface area contributed by atoms with Gasteiger partial charge in [0.15, 0.2) is 17.2 Å². The molecule has 0 aliphatic heterocycles. The van der Waals surface area contributed by atoms with Crippen molar-refractivity contribution in [2.24, 2.45) is 0 Å². The van der Waals surface area contributed by atoms with Gasteiger partial charge in [-0.2, -0.15) is 5.10 Å². The maximum Gasteiger partial charge on any atom is 0.354 e. The maximum absolute atomic E-state index is 14.0. The first kappa shape index (κ1) is 36.2. The standard InChI is InChI=1S/C23H23FN4O5.C8H10ClFN2O2S/c1-11-12-7-8-16(14(12)6-5-13(11)22(32)33-23(2,3)4)27-20(29)18-9-17(21(30)31)26-19-15(24)10-25-28(18)19;1-15(13,14)12-8-4-6(5-11-9)2-3-7(8)10/h5-6,9-10,16H,7-8H2,1-4H3,(H,27,29)(H,30,31);2-4,11-12H,5H2,1H3/t16-;/m0./s1. The van der Waals surface area contributed by atoms with Gasteiger partial charge in [0.25, 0.3) is 5.91 Å². The fourth-order valence-electron chi connectivity index (χ4n) is 5.06. The molecule has 0 fully saturated rings. The van der Waals surface area contributed by atoms with E-state index in [9.17, 15) is 36.7 Å². The third kappa shape index (κ3) is 8.62. The number of rotatable bonds is 8. The van der Waals surface area contributed by atoms with Crippen molar-refractivity contribution in [3.8, 4) is 0 Å². The van der Waals surface area contributed by atoms with Crippen LogP contribution in [0.2, 0.25) is 0 Å². The Labute approximate surface area is 279 Å². The number of nitrogens with zero attached hydrogens (tertiary/aromatic N) is 3. The first-order chi connectivity index (χ1) is 22.4. The van der Waals surface area contributed by atoms with E-state index in [0.29, 0.717) is 30.5 Å². The summed E-state index contributed by atoms with van der Waals surface area (Å²) in [6.45, 7) is 7.57. The van der Waals surface area contributed by atoms with E-state index in [1.54, 1.807) is 32.9 Å². The Morgan fingerprint density at radius 2 is 1.83 bits per heavy atom. The van der Waals surface area contributed by atoms with Crippen molar-refractivity contribution in [3.05, 3.63) is 93.4 Å². The molecule has 1 amide bonds. The molecule has 256 valence electrons. The number of benzene rings is 2. The number of carboxylic acids is 1. The van der Waals surface area contributed by atoms with Gasteiger partial charge in [0.1, 0.15) is 17.1 Å². The van der Waals surface area contributed by atoms with Crippen LogP contribution in [0.5, 0.6) is 0 Å². The third-order valence-corrected chi connectivity index (χ3v) is 7.82. The van der Waals surface area contributed by atoms with E-state index < -0.39 is 50.8 Å². The lowest BCUT2D eigenvalue weighted by Gasteiger charge is -2.21. The van der Waals surface area contributed by atoms with Crippen LogP contribution < -0.4 is 14.9 Å². The van der Waals surface area contributed by atoms with Crippen LogP contribution in [0.1, 0.15) is 86.8 Å². The molecule has 2 aromatic carbocycles. The molecule has 4 aromatic rings. The van der Waals surface area contributed by atoms with Crippen LogP contribution >= 0.6 is 11.8 Å². The molecular formula is C31H33ClF2N6O7S. The Hall–Kier alpha value is -4.67. The summed E-state index contributed by atoms with van der Waals surface area (Å²) in [6, 6.07) is 8.24. The second-order valence-corrected chi connectivity index (χ2v) is 13.9. The highest BCUT2D eigenvalue weighted by Gasteiger charge is 2.30. The number of hydrogen-bond donors (Lipinski definition) is 4. The normalized spacial score (nSPS) is 14.1. The highest BCUT2D eigenvalue weighted by Crippen LogP contribution is 2.35. The molecule has 0 bridgehead atoms. The molecule has 0 saturated carbocycles. The van der Waals surface area contributed by atoms with Gasteiger partial charge in [-0.05, 0) is 92.8 Å². The second-order valence-electron chi connectivity index (χ2n) is 11.9. The monoisotopic (exact) mass is 706 g/mol. The molecular weight excluding hydrogens is 674 g/mol. The smallest absolute Gasteiger partial charge is 0.354 e. The molecule has 1 aliphatic rings. The van der Waals surface area contributed by atoms with Crippen molar-refractivity contribution in [2.45, 2.75) is 58.7 Å². The van der Waals surface area contributed by atoms with Crippen LogP contribution in [0.25, 0.3) is 5.65 Å². The number of hydrogen-bond acceptors (Lipinski definition) is 9. The molecule has 48 heavy (non-hydrogen) atoms. The predicted octanol–water partition coefficient (Wildman–Crippen LogP) is 4.69. The van der Waals surface area contributed by atoms with Gasteiger partial charge in [0, 0.05) is 12.6 Å². The van der Waals surface area contributed by atoms with Gasteiger partial charge in [0.2, 0.25) is 10.0 Å². The van der Waals surface area contributed by atoms with Gasteiger partial charge in [0.05, 0.1) is 29.7 Å². The van der Waals surface area contributed by atoms with Crippen molar-refractivity contribution in [2.75, 3.05) is 11.0 Å². The van der Waals surface area contributed by atoms with Gasteiger partial charge in [-0.15, -0.1) is 0 Å². The summed E-state index contributed by atoms with van der Waals surface area (Å²) in [6.07, 6.45) is 3.06. The minimum atomic E-state index is -3.47. The summed E-state index contributed by atoms with van der Waals surface area (Å²) in [4.78, 5) is 43.1. The van der Waals surface area contributed by atoms with Gasteiger partial charge in [-0.25, -0.2) is 41.1 Å². The summed E-state index contributed by atoms with van der Waals surface area (Å²) < 4.78 is 57.5. The Kier molecular flexibility index (Phi) is 10.7. The second kappa shape index (κ2) is 14.2. The van der Waals surface area contributed by atoms with E-state index in [-0.39, 0.29) is 23.1 Å². The summed E-state index contributed by atoms with van der Waals surface area (Å²) in [7, 11) is -3.47. The molecule has 17 heteroatoms. The maximum atomic E-state index is 14.0. The van der Waals surface area contributed by atoms with E-state index in [0.717, 1.165) is 39.7 Å². The lowest BCUT2D eigenvalue weighted by Crippen LogP contribution is -2.29. The zero-order chi connectivity index (χ0) is 35.6. The number of anilines is 1. The number of amides is 1. The fraction of sp³-hybridized carbons (Fsp3) is 0.323. The minimum Gasteiger partial charge on any atom is -0.477 e. The van der Waals surface area contributed by atoms with Crippen molar-refractivity contribution in [1.82, 2.24) is 24.8 Å². The first-order valence-electron chi connectivity index (χ1n) is 14.4. The lowest BCUT2D eigenvalue weighted by atomic mass is 9.97. The fourth-order valence-corrected chi connectivity index (χ4v) is 5.77. The van der Waals surface area contributed by atoms with E-state index in [4.69, 9.17) is 16.5 Å². The predicted molar refractivity (Wildman–Crippen MR) is 172 cm³/mol. The number of fused-ring (bicyclic) bond motifs is 2.